The minimum Gasteiger partial charge on any atom is -0.341 e. The molecule has 3 heterocycles. The lowest BCUT2D eigenvalue weighted by Gasteiger charge is -2.19. The molecule has 1 aromatic heterocycles. The predicted molar refractivity (Wildman–Crippen MR) is 73.2 cm³/mol. The molecule has 110 valence electrons. The minimum absolute atomic E-state index is 0.0115. The van der Waals surface area contributed by atoms with Crippen molar-refractivity contribution >= 4 is 5.91 Å². The fraction of sp³-hybridized carbons (Fsp3) is 0.769. The Hall–Kier alpha value is -1.63. The molecule has 0 radical (unpaired) electrons. The Bertz CT molecular complexity index is 539. The molecule has 0 aromatic carbocycles. The summed E-state index contributed by atoms with van der Waals surface area (Å²) in [6.07, 6.45) is 4.50. The van der Waals surface area contributed by atoms with E-state index in [0.717, 1.165) is 38.3 Å². The summed E-state index contributed by atoms with van der Waals surface area (Å²) in [5, 5.41) is 7.44. The van der Waals surface area contributed by atoms with E-state index in [9.17, 15) is 9.59 Å². The molecular weight excluding hydrogens is 258 g/mol. The maximum Gasteiger partial charge on any atom is 0.346 e. The number of rotatable bonds is 2. The summed E-state index contributed by atoms with van der Waals surface area (Å²) in [5.74, 6) is 0.738. The highest BCUT2D eigenvalue weighted by molar-refractivity contribution is 5.75. The van der Waals surface area contributed by atoms with E-state index >= 15 is 0 Å². The lowest BCUT2D eigenvalue weighted by atomic mass is 10.2. The number of carbonyl (C=O) groups excluding carboxylic acids is 1. The summed E-state index contributed by atoms with van der Waals surface area (Å²) < 4.78 is 2.97. The van der Waals surface area contributed by atoms with E-state index in [1.165, 1.54) is 17.5 Å². The molecule has 1 fully saturated rings. The zero-order chi connectivity index (χ0) is 13.9. The second-order valence-corrected chi connectivity index (χ2v) is 5.48. The van der Waals surface area contributed by atoms with Crippen molar-refractivity contribution in [1.29, 1.82) is 0 Å². The van der Waals surface area contributed by atoms with Crippen LogP contribution in [0, 0.1) is 0 Å². The van der Waals surface area contributed by atoms with Crippen LogP contribution in [0.1, 0.15) is 31.5 Å². The number of hydrogen-bond donors (Lipinski definition) is 1. The van der Waals surface area contributed by atoms with E-state index in [1.807, 2.05) is 4.90 Å². The van der Waals surface area contributed by atoms with Gasteiger partial charge in [-0.1, -0.05) is 12.8 Å². The Balaban J connectivity index is 1.72. The molecule has 1 amide bonds. The van der Waals surface area contributed by atoms with Crippen molar-refractivity contribution in [2.75, 3.05) is 19.6 Å². The molecule has 7 nitrogen and oxygen atoms in total. The lowest BCUT2D eigenvalue weighted by Crippen LogP contribution is -2.38. The summed E-state index contributed by atoms with van der Waals surface area (Å²) in [6.45, 7) is 3.69. The van der Waals surface area contributed by atoms with Gasteiger partial charge in [0.05, 0.1) is 6.54 Å². The molecule has 0 bridgehead atoms. The number of amides is 1. The van der Waals surface area contributed by atoms with Crippen LogP contribution in [0.5, 0.6) is 0 Å². The van der Waals surface area contributed by atoms with Gasteiger partial charge < -0.3 is 10.2 Å². The van der Waals surface area contributed by atoms with Crippen molar-refractivity contribution in [1.82, 2.24) is 24.6 Å². The molecule has 3 rings (SSSR count). The van der Waals surface area contributed by atoms with Crippen LogP contribution in [0.2, 0.25) is 0 Å². The van der Waals surface area contributed by atoms with Crippen LogP contribution in [0.3, 0.4) is 0 Å². The van der Waals surface area contributed by atoms with Gasteiger partial charge in [-0.2, -0.15) is 5.10 Å². The van der Waals surface area contributed by atoms with Gasteiger partial charge >= 0.3 is 5.69 Å². The highest BCUT2D eigenvalue weighted by atomic mass is 16.2. The first kappa shape index (κ1) is 13.4. The van der Waals surface area contributed by atoms with E-state index < -0.39 is 0 Å². The summed E-state index contributed by atoms with van der Waals surface area (Å²) in [6, 6.07) is 0. The van der Waals surface area contributed by atoms with Gasteiger partial charge in [-0.25, -0.2) is 9.48 Å². The first-order chi connectivity index (χ1) is 9.75. The van der Waals surface area contributed by atoms with Gasteiger partial charge in [0.1, 0.15) is 12.4 Å². The molecule has 2 aliphatic rings. The first-order valence-electron chi connectivity index (χ1n) is 7.41. The van der Waals surface area contributed by atoms with Crippen LogP contribution in [0.15, 0.2) is 4.79 Å². The normalized spacial score (nSPS) is 19.5. The highest BCUT2D eigenvalue weighted by Crippen LogP contribution is 2.10. The molecule has 20 heavy (non-hydrogen) atoms. The van der Waals surface area contributed by atoms with Crippen molar-refractivity contribution in [3.63, 3.8) is 0 Å². The number of nitrogens with zero attached hydrogens (tertiary/aromatic N) is 4. The lowest BCUT2D eigenvalue weighted by molar-refractivity contribution is -0.132. The number of fused-ring (bicyclic) bond motifs is 1. The predicted octanol–water partition coefficient (Wildman–Crippen LogP) is -0.449. The van der Waals surface area contributed by atoms with Crippen molar-refractivity contribution < 1.29 is 4.79 Å². The number of nitrogens with one attached hydrogen (secondary N) is 1. The molecule has 0 spiro atoms. The summed E-state index contributed by atoms with van der Waals surface area (Å²) >= 11 is 0. The standard InChI is InChI=1S/C13H21N5O2/c19-12(16-6-3-1-2-4-7-16)10-18-13(20)17-8-5-14-9-11(17)15-18/h14H,1-10H2. The number of aromatic nitrogens is 3. The Morgan fingerprint density at radius 3 is 2.60 bits per heavy atom. The largest absolute Gasteiger partial charge is 0.346 e. The monoisotopic (exact) mass is 279 g/mol. The molecule has 0 saturated carbocycles. The fourth-order valence-corrected chi connectivity index (χ4v) is 2.88. The maximum absolute atomic E-state index is 12.3. The van der Waals surface area contributed by atoms with Gasteiger partial charge in [0.25, 0.3) is 0 Å². The van der Waals surface area contributed by atoms with Crippen LogP contribution in [-0.4, -0.2) is 44.8 Å². The number of likely N-dealkylation sites (tertiary alicyclic amines) is 1. The molecule has 0 unspecified atom stereocenters. The van der Waals surface area contributed by atoms with E-state index in [4.69, 9.17) is 0 Å². The Labute approximate surface area is 117 Å². The van der Waals surface area contributed by atoms with Gasteiger partial charge in [-0.3, -0.25) is 9.36 Å². The Kier molecular flexibility index (Phi) is 3.86. The summed E-state index contributed by atoms with van der Waals surface area (Å²) in [5.41, 5.74) is -0.162. The SMILES string of the molecule is O=C(Cn1nc2n(c1=O)CCNC2)N1CCCCCC1. The van der Waals surface area contributed by atoms with Crippen LogP contribution in [0.4, 0.5) is 0 Å². The first-order valence-corrected chi connectivity index (χ1v) is 7.41. The number of hydrogen-bond acceptors (Lipinski definition) is 4. The van der Waals surface area contributed by atoms with Crippen molar-refractivity contribution in [3.8, 4) is 0 Å². The van der Waals surface area contributed by atoms with Gasteiger partial charge in [-0.15, -0.1) is 0 Å². The summed E-state index contributed by atoms with van der Waals surface area (Å²) in [7, 11) is 0. The molecule has 2 aliphatic heterocycles. The van der Waals surface area contributed by atoms with E-state index in [1.54, 1.807) is 4.57 Å². The second kappa shape index (κ2) is 5.78. The molecule has 1 N–H and O–H groups in total. The van der Waals surface area contributed by atoms with Gasteiger partial charge in [0, 0.05) is 26.2 Å². The molecule has 0 atom stereocenters. The molecular formula is C13H21N5O2. The average molecular weight is 279 g/mol. The third-order valence-corrected chi connectivity index (χ3v) is 4.04. The smallest absolute Gasteiger partial charge is 0.341 e. The van der Waals surface area contributed by atoms with Gasteiger partial charge in [0.15, 0.2) is 0 Å². The van der Waals surface area contributed by atoms with Crippen LogP contribution in [-0.2, 0) is 24.4 Å². The molecule has 7 heteroatoms. The van der Waals surface area contributed by atoms with Crippen molar-refractivity contribution in [3.05, 3.63) is 16.3 Å². The summed E-state index contributed by atoms with van der Waals surface area (Å²) in [4.78, 5) is 26.3. The van der Waals surface area contributed by atoms with E-state index in [0.29, 0.717) is 13.1 Å². The van der Waals surface area contributed by atoms with Crippen LogP contribution >= 0.6 is 0 Å². The van der Waals surface area contributed by atoms with Crippen LogP contribution < -0.4 is 11.0 Å². The minimum atomic E-state index is -0.162. The van der Waals surface area contributed by atoms with E-state index in [2.05, 4.69) is 10.4 Å². The van der Waals surface area contributed by atoms with Crippen molar-refractivity contribution in [2.45, 2.75) is 45.3 Å². The van der Waals surface area contributed by atoms with E-state index in [-0.39, 0.29) is 18.1 Å². The highest BCUT2D eigenvalue weighted by Gasteiger charge is 2.21. The molecule has 1 saturated heterocycles. The fourth-order valence-electron chi connectivity index (χ4n) is 2.88. The zero-order valence-electron chi connectivity index (χ0n) is 11.7. The number of carbonyl (C=O) groups is 1. The van der Waals surface area contributed by atoms with Crippen LogP contribution in [0.25, 0.3) is 0 Å². The average Bonchev–Trinajstić information content (AvgIpc) is 2.67. The zero-order valence-corrected chi connectivity index (χ0v) is 11.7. The maximum atomic E-state index is 12.3. The Morgan fingerprint density at radius 2 is 1.90 bits per heavy atom. The Morgan fingerprint density at radius 1 is 1.15 bits per heavy atom. The molecule has 0 aliphatic carbocycles. The third kappa shape index (κ3) is 2.63. The third-order valence-electron chi connectivity index (χ3n) is 4.04. The van der Waals surface area contributed by atoms with Gasteiger partial charge in [0.2, 0.25) is 5.91 Å². The van der Waals surface area contributed by atoms with Gasteiger partial charge in [-0.05, 0) is 12.8 Å². The van der Waals surface area contributed by atoms with Crippen molar-refractivity contribution in [2.24, 2.45) is 0 Å². The second-order valence-electron chi connectivity index (χ2n) is 5.48. The quantitative estimate of drug-likeness (QED) is 0.796. The molecule has 1 aromatic rings. The topological polar surface area (TPSA) is 72.2 Å².